The molecule has 5 rings (SSSR count). The third-order valence-electron chi connectivity index (χ3n) is 4.27. The molecular weight excluding hydrogens is 190 g/mol. The van der Waals surface area contributed by atoms with Gasteiger partial charge in [0.25, 0.3) is 0 Å². The number of nitrogens with zero attached hydrogens (tertiary/aromatic N) is 1. The normalized spacial score (nSPS) is 46.4. The third-order valence-corrected chi connectivity index (χ3v) is 4.27. The maximum atomic E-state index is 11.4. The summed E-state index contributed by atoms with van der Waals surface area (Å²) in [4.78, 5) is 13.9. The van der Waals surface area contributed by atoms with Crippen molar-refractivity contribution in [1.29, 1.82) is 0 Å². The number of hydrogen-bond donors (Lipinski definition) is 0. The molecule has 2 saturated heterocycles. The summed E-state index contributed by atoms with van der Waals surface area (Å²) in [5.74, 6) is -0.149. The molecular formula is C12H13NO2. The fourth-order valence-electron chi connectivity index (χ4n) is 3.69. The van der Waals surface area contributed by atoms with Crippen LogP contribution in [0.2, 0.25) is 0 Å². The molecule has 0 unspecified atom stereocenters. The van der Waals surface area contributed by atoms with Crippen LogP contribution in [0.5, 0.6) is 0 Å². The van der Waals surface area contributed by atoms with E-state index in [1.165, 1.54) is 12.0 Å². The fourth-order valence-corrected chi connectivity index (χ4v) is 3.69. The Bertz CT molecular complexity index is 412. The van der Waals surface area contributed by atoms with Crippen LogP contribution in [-0.2, 0) is 9.53 Å². The van der Waals surface area contributed by atoms with Crippen molar-refractivity contribution in [3.05, 3.63) is 23.8 Å². The Hall–Kier alpha value is -1.09. The van der Waals surface area contributed by atoms with Crippen LogP contribution in [-0.4, -0.2) is 35.1 Å². The number of rotatable bonds is 0. The molecule has 0 aromatic heterocycles. The van der Waals surface area contributed by atoms with Crippen LogP contribution in [0.3, 0.4) is 0 Å². The van der Waals surface area contributed by atoms with E-state index in [9.17, 15) is 4.79 Å². The average molecular weight is 203 g/mol. The van der Waals surface area contributed by atoms with Gasteiger partial charge in [0, 0.05) is 12.1 Å². The summed E-state index contributed by atoms with van der Waals surface area (Å²) in [6.07, 6.45) is 9.44. The number of ether oxygens (including phenoxy) is 1. The highest BCUT2D eigenvalue weighted by atomic mass is 16.6. The first-order chi connectivity index (χ1) is 7.29. The van der Waals surface area contributed by atoms with Gasteiger partial charge in [0.15, 0.2) is 5.60 Å². The lowest BCUT2D eigenvalue weighted by molar-refractivity contribution is -0.149. The molecule has 2 fully saturated rings. The molecule has 0 amide bonds. The van der Waals surface area contributed by atoms with Crippen LogP contribution in [0.1, 0.15) is 19.3 Å². The minimum atomic E-state index is -0.373. The third kappa shape index (κ3) is 0.797. The lowest BCUT2D eigenvalue weighted by atomic mass is 9.73. The van der Waals surface area contributed by atoms with Crippen LogP contribution in [0.4, 0.5) is 0 Å². The molecule has 78 valence electrons. The number of piperidine rings is 1. The number of carbonyl (C=O) groups excluding carboxylic acids is 1. The van der Waals surface area contributed by atoms with E-state index in [0.717, 1.165) is 19.4 Å². The van der Waals surface area contributed by atoms with Gasteiger partial charge in [-0.05, 0) is 37.5 Å². The molecule has 0 N–H and O–H groups in total. The molecule has 15 heavy (non-hydrogen) atoms. The Morgan fingerprint density at radius 1 is 1.53 bits per heavy atom. The Morgan fingerprint density at radius 2 is 2.47 bits per heavy atom. The first-order valence-electron chi connectivity index (χ1n) is 5.69. The van der Waals surface area contributed by atoms with Gasteiger partial charge in [-0.1, -0.05) is 6.08 Å². The summed E-state index contributed by atoms with van der Waals surface area (Å²) < 4.78 is 5.59. The molecule has 1 aliphatic carbocycles. The van der Waals surface area contributed by atoms with E-state index < -0.39 is 0 Å². The Kier molecular flexibility index (Phi) is 1.27. The van der Waals surface area contributed by atoms with Gasteiger partial charge in [-0.3, -0.25) is 4.90 Å². The highest BCUT2D eigenvalue weighted by Gasteiger charge is 2.58. The molecule has 1 spiro atoms. The second-order valence-electron chi connectivity index (χ2n) is 4.91. The maximum Gasteiger partial charge on any atom is 0.332 e. The van der Waals surface area contributed by atoms with Crippen molar-refractivity contribution >= 4 is 5.97 Å². The van der Waals surface area contributed by atoms with Gasteiger partial charge in [0.2, 0.25) is 0 Å². The van der Waals surface area contributed by atoms with Crippen molar-refractivity contribution in [2.45, 2.75) is 36.9 Å². The second kappa shape index (κ2) is 2.35. The van der Waals surface area contributed by atoms with Crippen molar-refractivity contribution in [3.8, 4) is 0 Å². The summed E-state index contributed by atoms with van der Waals surface area (Å²) in [6.45, 7) is 1.16. The lowest BCUT2D eigenvalue weighted by Gasteiger charge is -2.50. The monoisotopic (exact) mass is 203 g/mol. The quantitative estimate of drug-likeness (QED) is 0.435. The predicted octanol–water partition coefficient (Wildman–Crippen LogP) is 1.01. The van der Waals surface area contributed by atoms with Gasteiger partial charge in [0.05, 0.1) is 6.04 Å². The predicted molar refractivity (Wildman–Crippen MR) is 54.2 cm³/mol. The van der Waals surface area contributed by atoms with Crippen molar-refractivity contribution in [2.24, 2.45) is 0 Å². The smallest absolute Gasteiger partial charge is 0.332 e. The lowest BCUT2D eigenvalue weighted by Crippen LogP contribution is -2.60. The minimum Gasteiger partial charge on any atom is -0.445 e. The van der Waals surface area contributed by atoms with Gasteiger partial charge >= 0.3 is 5.97 Å². The fraction of sp³-hybridized carbons (Fsp3) is 0.583. The van der Waals surface area contributed by atoms with Crippen LogP contribution in [0, 0.1) is 0 Å². The average Bonchev–Trinajstić information content (AvgIpc) is 2.78. The molecule has 0 aromatic rings. The first-order valence-corrected chi connectivity index (χ1v) is 5.69. The summed E-state index contributed by atoms with van der Waals surface area (Å²) in [7, 11) is 0. The van der Waals surface area contributed by atoms with Crippen LogP contribution in [0.25, 0.3) is 0 Å². The first kappa shape index (κ1) is 8.11. The molecule has 4 aliphatic heterocycles. The second-order valence-corrected chi connectivity index (χ2v) is 4.91. The zero-order chi connectivity index (χ0) is 10.0. The van der Waals surface area contributed by atoms with E-state index >= 15 is 0 Å². The molecule has 0 saturated carbocycles. The van der Waals surface area contributed by atoms with Crippen LogP contribution >= 0.6 is 0 Å². The van der Waals surface area contributed by atoms with Crippen molar-refractivity contribution < 1.29 is 9.53 Å². The topological polar surface area (TPSA) is 29.5 Å². The molecule has 3 atom stereocenters. The Morgan fingerprint density at radius 3 is 3.40 bits per heavy atom. The number of esters is 1. The van der Waals surface area contributed by atoms with Crippen LogP contribution < -0.4 is 0 Å². The summed E-state index contributed by atoms with van der Waals surface area (Å²) in [5.41, 5.74) is 0.839. The molecule has 4 heterocycles. The van der Waals surface area contributed by atoms with Gasteiger partial charge in [-0.25, -0.2) is 4.79 Å². The Balaban J connectivity index is 1.91. The zero-order valence-corrected chi connectivity index (χ0v) is 8.48. The van der Waals surface area contributed by atoms with Gasteiger partial charge in [0.1, 0.15) is 0 Å². The minimum absolute atomic E-state index is 0.149. The molecule has 0 aromatic carbocycles. The highest BCUT2D eigenvalue weighted by molar-refractivity contribution is 5.88. The van der Waals surface area contributed by atoms with Crippen molar-refractivity contribution in [2.75, 3.05) is 6.54 Å². The van der Waals surface area contributed by atoms with Crippen molar-refractivity contribution in [3.63, 3.8) is 0 Å². The zero-order valence-electron chi connectivity index (χ0n) is 8.48. The van der Waals surface area contributed by atoms with E-state index in [1.807, 2.05) is 0 Å². The number of carbonyl (C=O) groups is 1. The maximum absolute atomic E-state index is 11.4. The van der Waals surface area contributed by atoms with E-state index in [2.05, 4.69) is 17.1 Å². The molecule has 2 bridgehead atoms. The largest absolute Gasteiger partial charge is 0.445 e. The van der Waals surface area contributed by atoms with Gasteiger partial charge < -0.3 is 4.74 Å². The molecule has 5 aliphatic rings. The summed E-state index contributed by atoms with van der Waals surface area (Å²) in [5, 5.41) is 0. The van der Waals surface area contributed by atoms with Crippen molar-refractivity contribution in [1.82, 2.24) is 4.90 Å². The highest BCUT2D eigenvalue weighted by Crippen LogP contribution is 2.50. The molecule has 3 nitrogen and oxygen atoms in total. The van der Waals surface area contributed by atoms with E-state index in [-0.39, 0.29) is 11.6 Å². The van der Waals surface area contributed by atoms with E-state index in [0.29, 0.717) is 12.1 Å². The Labute approximate surface area is 88.4 Å². The van der Waals surface area contributed by atoms with Gasteiger partial charge in [-0.2, -0.15) is 0 Å². The van der Waals surface area contributed by atoms with Crippen LogP contribution in [0.15, 0.2) is 23.8 Å². The van der Waals surface area contributed by atoms with E-state index in [4.69, 9.17) is 4.74 Å². The summed E-state index contributed by atoms with van der Waals surface area (Å²) in [6, 6.07) is 0.930. The summed E-state index contributed by atoms with van der Waals surface area (Å²) >= 11 is 0. The standard InChI is InChI=1S/C12H13NO2/c14-11-7-8-6-9-3-4-12(8,15-11)10-2-1-5-13(9)10/h3-4,7,9-10H,1-2,5-6H2/t9-,10+,12-/m1/s1. The number of hydrogen-bond acceptors (Lipinski definition) is 3. The van der Waals surface area contributed by atoms with E-state index in [1.54, 1.807) is 6.08 Å². The molecule has 0 radical (unpaired) electrons. The SMILES string of the molecule is O=C1C=C2C[C@H]3C=C[C@]2(O1)[C@@H]1CCCN31. The molecule has 3 heteroatoms. The van der Waals surface area contributed by atoms with Gasteiger partial charge in [-0.15, -0.1) is 0 Å².